The number of aliphatic imine (C=N–C) groups is 1. The van der Waals surface area contributed by atoms with Gasteiger partial charge in [0.05, 0.1) is 30.1 Å². The lowest BCUT2D eigenvalue weighted by molar-refractivity contribution is -0.0523. The maximum absolute atomic E-state index is 13.3. The fourth-order valence-electron chi connectivity index (χ4n) is 2.59. The molecule has 2 heterocycles. The Hall–Kier alpha value is -2.37. The fraction of sp³-hybridized carbons (Fsp3) is 0.312. The predicted molar refractivity (Wildman–Crippen MR) is 91.7 cm³/mol. The number of nitrogens with zero attached hydrogens (tertiary/aromatic N) is 2. The molecule has 2 aromatic rings. The van der Waals surface area contributed by atoms with Crippen LogP contribution < -0.4 is 10.5 Å². The Morgan fingerprint density at radius 1 is 1.26 bits per heavy atom. The second-order valence-electron chi connectivity index (χ2n) is 6.55. The van der Waals surface area contributed by atoms with Gasteiger partial charge in [0.25, 0.3) is 0 Å². The van der Waals surface area contributed by atoms with Crippen molar-refractivity contribution in [2.75, 3.05) is 13.2 Å². The van der Waals surface area contributed by atoms with E-state index in [1.807, 2.05) is 0 Å². The van der Waals surface area contributed by atoms with Crippen molar-refractivity contribution in [1.82, 2.24) is 9.29 Å². The smallest absolute Gasteiger partial charge is 0.242 e. The van der Waals surface area contributed by atoms with Crippen LogP contribution in [0, 0.1) is 17.5 Å². The number of amidine groups is 1. The molecule has 1 fully saturated rings. The van der Waals surface area contributed by atoms with Crippen molar-refractivity contribution >= 4 is 21.5 Å². The Labute approximate surface area is 153 Å². The first-order chi connectivity index (χ1) is 12.5. The van der Waals surface area contributed by atoms with Crippen molar-refractivity contribution in [2.24, 2.45) is 17.8 Å². The molecule has 1 saturated heterocycles. The third-order valence-electron chi connectivity index (χ3n) is 3.99. The van der Waals surface area contributed by atoms with Gasteiger partial charge < -0.3 is 15.0 Å². The molecular formula is C16H17F3N4O3S. The minimum Gasteiger partial charge on any atom is -0.382 e. The average molecular weight is 402 g/mol. The summed E-state index contributed by atoms with van der Waals surface area (Å²) in [4.78, 5) is 3.79. The predicted octanol–water partition coefficient (Wildman–Crippen LogP) is 1.55. The fourth-order valence-corrected chi connectivity index (χ4v) is 4.04. The molecule has 0 aliphatic carbocycles. The van der Waals surface area contributed by atoms with Crippen LogP contribution in [0.15, 0.2) is 34.3 Å². The maximum atomic E-state index is 13.3. The number of nitrogens with two attached hydrogens (primary N) is 1. The van der Waals surface area contributed by atoms with E-state index in [1.165, 1.54) is 23.9 Å². The number of aromatic nitrogens is 1. The van der Waals surface area contributed by atoms with Gasteiger partial charge in [0.2, 0.25) is 10.0 Å². The highest BCUT2D eigenvalue weighted by atomic mass is 32.2. The number of hydrogen-bond donors (Lipinski definition) is 2. The molecule has 0 atom stereocenters. The Morgan fingerprint density at radius 3 is 2.37 bits per heavy atom. The Kier molecular flexibility index (Phi) is 4.78. The zero-order chi connectivity index (χ0) is 20.0. The van der Waals surface area contributed by atoms with E-state index in [2.05, 4.69) is 9.71 Å². The number of aryl methyl sites for hydroxylation is 1. The van der Waals surface area contributed by atoms with Crippen LogP contribution in [0.2, 0.25) is 0 Å². The van der Waals surface area contributed by atoms with Crippen LogP contribution >= 0.6 is 0 Å². The number of nitrogens with one attached hydrogen (secondary N) is 1. The number of ether oxygens (including phenoxy) is 1. The van der Waals surface area contributed by atoms with Gasteiger partial charge in [0.15, 0.2) is 17.5 Å². The SMILES string of the molecule is Cn1cc(S(=O)(=O)NC2(C)COC2)cc1C(N)=Nc1cc(F)c(F)c(F)c1. The molecule has 3 N–H and O–H groups in total. The molecule has 1 aliphatic rings. The van der Waals surface area contributed by atoms with Crippen LogP contribution in [0.5, 0.6) is 0 Å². The summed E-state index contributed by atoms with van der Waals surface area (Å²) in [5.74, 6) is -4.62. The van der Waals surface area contributed by atoms with E-state index in [9.17, 15) is 21.6 Å². The Morgan fingerprint density at radius 2 is 1.85 bits per heavy atom. The summed E-state index contributed by atoms with van der Waals surface area (Å²) < 4.78 is 73.6. The van der Waals surface area contributed by atoms with Crippen molar-refractivity contribution in [2.45, 2.75) is 17.4 Å². The number of hydrogen-bond acceptors (Lipinski definition) is 4. The van der Waals surface area contributed by atoms with Gasteiger partial charge in [-0.2, -0.15) is 0 Å². The van der Waals surface area contributed by atoms with E-state index in [1.54, 1.807) is 6.92 Å². The summed E-state index contributed by atoms with van der Waals surface area (Å²) in [5.41, 5.74) is 5.12. The molecule has 0 radical (unpaired) electrons. The molecule has 146 valence electrons. The van der Waals surface area contributed by atoms with Crippen molar-refractivity contribution in [3.63, 3.8) is 0 Å². The third-order valence-corrected chi connectivity index (χ3v) is 5.60. The average Bonchev–Trinajstić information content (AvgIpc) is 2.93. The lowest BCUT2D eigenvalue weighted by Gasteiger charge is -2.38. The lowest BCUT2D eigenvalue weighted by Crippen LogP contribution is -2.59. The normalized spacial score (nSPS) is 17.0. The van der Waals surface area contributed by atoms with Gasteiger partial charge in [-0.15, -0.1) is 0 Å². The summed E-state index contributed by atoms with van der Waals surface area (Å²) in [5, 5.41) is 0. The molecule has 7 nitrogen and oxygen atoms in total. The van der Waals surface area contributed by atoms with Crippen molar-refractivity contribution < 1.29 is 26.3 Å². The van der Waals surface area contributed by atoms with E-state index in [0.29, 0.717) is 12.1 Å². The number of rotatable bonds is 5. The molecule has 0 amide bonds. The van der Waals surface area contributed by atoms with E-state index in [-0.39, 0.29) is 35.3 Å². The Balaban J connectivity index is 1.92. The van der Waals surface area contributed by atoms with Gasteiger partial charge in [0, 0.05) is 25.4 Å². The van der Waals surface area contributed by atoms with Crippen LogP contribution in [0.1, 0.15) is 12.6 Å². The number of sulfonamides is 1. The third kappa shape index (κ3) is 3.84. The molecule has 11 heteroatoms. The van der Waals surface area contributed by atoms with Crippen LogP contribution in [-0.4, -0.2) is 37.6 Å². The molecule has 0 bridgehead atoms. The summed E-state index contributed by atoms with van der Waals surface area (Å²) in [6.07, 6.45) is 1.33. The van der Waals surface area contributed by atoms with Gasteiger partial charge in [0.1, 0.15) is 10.7 Å². The standard InChI is InChI=1S/C16H17F3N4O3S/c1-16(7-26-8-16)22-27(24,25)10-5-13(23(2)6-10)15(20)21-9-3-11(17)14(19)12(18)4-9/h3-6,22H,7-8H2,1-2H3,(H2,20,21). The lowest BCUT2D eigenvalue weighted by atomic mass is 10.0. The monoisotopic (exact) mass is 402 g/mol. The zero-order valence-corrected chi connectivity index (χ0v) is 15.3. The first-order valence-corrected chi connectivity index (χ1v) is 9.26. The maximum Gasteiger partial charge on any atom is 0.242 e. The van der Waals surface area contributed by atoms with Gasteiger partial charge >= 0.3 is 0 Å². The topological polar surface area (TPSA) is 98.7 Å². The molecule has 1 aromatic heterocycles. The molecule has 0 saturated carbocycles. The first kappa shape index (κ1) is 19.4. The van der Waals surface area contributed by atoms with Crippen LogP contribution in [0.4, 0.5) is 18.9 Å². The van der Waals surface area contributed by atoms with Gasteiger partial charge in [-0.1, -0.05) is 0 Å². The molecule has 1 aliphatic heterocycles. The number of benzene rings is 1. The second-order valence-corrected chi connectivity index (χ2v) is 8.23. The van der Waals surface area contributed by atoms with E-state index >= 15 is 0 Å². The molecule has 3 rings (SSSR count). The first-order valence-electron chi connectivity index (χ1n) is 7.78. The van der Waals surface area contributed by atoms with Crippen molar-refractivity contribution in [3.05, 3.63) is 47.5 Å². The largest absolute Gasteiger partial charge is 0.382 e. The number of halogens is 3. The molecule has 0 unspecified atom stereocenters. The zero-order valence-electron chi connectivity index (χ0n) is 14.5. The van der Waals surface area contributed by atoms with Crippen molar-refractivity contribution in [3.8, 4) is 0 Å². The summed E-state index contributed by atoms with van der Waals surface area (Å²) in [6, 6.07) is 2.65. The van der Waals surface area contributed by atoms with Gasteiger partial charge in [-0.25, -0.2) is 31.3 Å². The van der Waals surface area contributed by atoms with Crippen LogP contribution in [0.3, 0.4) is 0 Å². The summed E-state index contributed by atoms with van der Waals surface area (Å²) in [7, 11) is -2.30. The highest BCUT2D eigenvalue weighted by molar-refractivity contribution is 7.89. The molecule has 27 heavy (non-hydrogen) atoms. The van der Waals surface area contributed by atoms with E-state index in [0.717, 1.165) is 0 Å². The quantitative estimate of drug-likeness (QED) is 0.450. The highest BCUT2D eigenvalue weighted by Crippen LogP contribution is 2.23. The molecule has 1 aromatic carbocycles. The minimum absolute atomic E-state index is 0.0530. The highest BCUT2D eigenvalue weighted by Gasteiger charge is 2.38. The van der Waals surface area contributed by atoms with E-state index in [4.69, 9.17) is 10.5 Å². The van der Waals surface area contributed by atoms with Crippen LogP contribution in [0.25, 0.3) is 0 Å². The van der Waals surface area contributed by atoms with Crippen LogP contribution in [-0.2, 0) is 21.8 Å². The van der Waals surface area contributed by atoms with Crippen molar-refractivity contribution in [1.29, 1.82) is 0 Å². The minimum atomic E-state index is -3.84. The summed E-state index contributed by atoms with van der Waals surface area (Å²) in [6.45, 7) is 2.24. The molecule has 0 spiro atoms. The van der Waals surface area contributed by atoms with E-state index < -0.39 is 33.0 Å². The van der Waals surface area contributed by atoms with Gasteiger partial charge in [-0.3, -0.25) is 0 Å². The summed E-state index contributed by atoms with van der Waals surface area (Å²) >= 11 is 0. The Bertz CT molecular complexity index is 1010. The second kappa shape index (κ2) is 6.66. The van der Waals surface area contributed by atoms with Gasteiger partial charge in [-0.05, 0) is 13.0 Å². The molecular weight excluding hydrogens is 385 g/mol.